The monoisotopic (exact) mass is 233 g/mol. The van der Waals surface area contributed by atoms with Crippen LogP contribution in [0.4, 0.5) is 0 Å². The molecule has 1 amide bonds. The molecule has 1 fully saturated rings. The molecule has 0 spiro atoms. The standard InChI is InChI=1S/C13H15NO3/c1-14(9-5-6-9)13(15)10-3-2-4-11-12(10)17-8-7-16-11/h2-4,9H,5-8H2,1H3. The average Bonchev–Trinajstić information content (AvgIpc) is 3.20. The number of hydrogen-bond acceptors (Lipinski definition) is 3. The van der Waals surface area contributed by atoms with Crippen LogP contribution in [0.2, 0.25) is 0 Å². The molecule has 17 heavy (non-hydrogen) atoms. The number of nitrogens with zero attached hydrogens (tertiary/aromatic N) is 1. The molecule has 4 heteroatoms. The lowest BCUT2D eigenvalue weighted by Gasteiger charge is -2.23. The molecule has 0 aromatic heterocycles. The second-order valence-electron chi connectivity index (χ2n) is 4.48. The Morgan fingerprint density at radius 1 is 1.29 bits per heavy atom. The van der Waals surface area contributed by atoms with Gasteiger partial charge in [-0.25, -0.2) is 0 Å². The van der Waals surface area contributed by atoms with Crippen LogP contribution in [-0.4, -0.2) is 37.1 Å². The molecule has 90 valence electrons. The van der Waals surface area contributed by atoms with Gasteiger partial charge in [-0.05, 0) is 25.0 Å². The molecule has 1 heterocycles. The summed E-state index contributed by atoms with van der Waals surface area (Å²) in [5.74, 6) is 1.29. The molecule has 0 unspecified atom stereocenters. The van der Waals surface area contributed by atoms with E-state index in [2.05, 4.69) is 0 Å². The minimum absolute atomic E-state index is 0.0230. The molecule has 1 aromatic rings. The number of ether oxygens (including phenoxy) is 2. The lowest BCUT2D eigenvalue weighted by Crippen LogP contribution is -2.30. The first-order chi connectivity index (χ1) is 8.27. The highest BCUT2D eigenvalue weighted by molar-refractivity contribution is 5.98. The summed E-state index contributed by atoms with van der Waals surface area (Å²) >= 11 is 0. The zero-order valence-corrected chi connectivity index (χ0v) is 9.81. The van der Waals surface area contributed by atoms with Crippen LogP contribution in [-0.2, 0) is 0 Å². The van der Waals surface area contributed by atoms with Gasteiger partial charge in [0.25, 0.3) is 5.91 Å². The fourth-order valence-corrected chi connectivity index (χ4v) is 2.06. The van der Waals surface area contributed by atoms with Gasteiger partial charge in [-0.2, -0.15) is 0 Å². The van der Waals surface area contributed by atoms with Crippen molar-refractivity contribution in [2.75, 3.05) is 20.3 Å². The van der Waals surface area contributed by atoms with E-state index in [0.29, 0.717) is 36.3 Å². The predicted octanol–water partition coefficient (Wildman–Crippen LogP) is 1.69. The minimum Gasteiger partial charge on any atom is -0.486 e. The van der Waals surface area contributed by atoms with Gasteiger partial charge in [-0.1, -0.05) is 6.07 Å². The first kappa shape index (κ1) is 10.4. The van der Waals surface area contributed by atoms with Crippen LogP contribution in [0.15, 0.2) is 18.2 Å². The van der Waals surface area contributed by atoms with E-state index in [0.717, 1.165) is 12.8 Å². The van der Waals surface area contributed by atoms with E-state index in [9.17, 15) is 4.79 Å². The van der Waals surface area contributed by atoms with Crippen molar-refractivity contribution >= 4 is 5.91 Å². The second-order valence-corrected chi connectivity index (χ2v) is 4.48. The Morgan fingerprint density at radius 3 is 2.82 bits per heavy atom. The third-order valence-electron chi connectivity index (χ3n) is 3.21. The number of fused-ring (bicyclic) bond motifs is 1. The van der Waals surface area contributed by atoms with E-state index in [1.807, 2.05) is 19.2 Å². The maximum Gasteiger partial charge on any atom is 0.257 e. The number of rotatable bonds is 2. The van der Waals surface area contributed by atoms with E-state index in [1.165, 1.54) is 0 Å². The molecule has 1 saturated carbocycles. The molecule has 0 N–H and O–H groups in total. The number of carbonyl (C=O) groups is 1. The van der Waals surface area contributed by atoms with Gasteiger partial charge in [-0.15, -0.1) is 0 Å². The summed E-state index contributed by atoms with van der Waals surface area (Å²) in [6.45, 7) is 1.05. The zero-order valence-electron chi connectivity index (χ0n) is 9.81. The quantitative estimate of drug-likeness (QED) is 0.780. The average molecular weight is 233 g/mol. The summed E-state index contributed by atoms with van der Waals surface area (Å²) in [5.41, 5.74) is 0.608. The topological polar surface area (TPSA) is 38.8 Å². The smallest absolute Gasteiger partial charge is 0.257 e. The molecular formula is C13H15NO3. The van der Waals surface area contributed by atoms with Crippen LogP contribution in [0.5, 0.6) is 11.5 Å². The second kappa shape index (κ2) is 3.95. The van der Waals surface area contributed by atoms with Gasteiger partial charge in [0, 0.05) is 13.1 Å². The molecule has 0 saturated heterocycles. The highest BCUT2D eigenvalue weighted by Gasteiger charge is 2.32. The van der Waals surface area contributed by atoms with Crippen LogP contribution in [0.3, 0.4) is 0 Å². The molecule has 2 aliphatic rings. The first-order valence-electron chi connectivity index (χ1n) is 5.93. The zero-order chi connectivity index (χ0) is 11.8. The first-order valence-corrected chi connectivity index (χ1v) is 5.93. The summed E-state index contributed by atoms with van der Waals surface area (Å²) in [6, 6.07) is 5.88. The largest absolute Gasteiger partial charge is 0.486 e. The molecule has 1 aromatic carbocycles. The number of carbonyl (C=O) groups excluding carboxylic acids is 1. The predicted molar refractivity (Wildman–Crippen MR) is 62.5 cm³/mol. The molecular weight excluding hydrogens is 218 g/mol. The van der Waals surface area contributed by atoms with Gasteiger partial charge in [0.1, 0.15) is 13.2 Å². The lowest BCUT2D eigenvalue weighted by molar-refractivity contribution is 0.0774. The van der Waals surface area contributed by atoms with Gasteiger partial charge in [0.2, 0.25) is 0 Å². The lowest BCUT2D eigenvalue weighted by atomic mass is 10.1. The Kier molecular flexibility index (Phi) is 2.42. The summed E-state index contributed by atoms with van der Waals surface area (Å²) in [7, 11) is 1.85. The Hall–Kier alpha value is -1.71. The fourth-order valence-electron chi connectivity index (χ4n) is 2.06. The van der Waals surface area contributed by atoms with Crippen molar-refractivity contribution in [3.8, 4) is 11.5 Å². The number of benzene rings is 1. The van der Waals surface area contributed by atoms with Gasteiger partial charge >= 0.3 is 0 Å². The third kappa shape index (κ3) is 1.84. The molecule has 4 nitrogen and oxygen atoms in total. The molecule has 1 aliphatic heterocycles. The van der Waals surface area contributed by atoms with Crippen molar-refractivity contribution in [1.29, 1.82) is 0 Å². The van der Waals surface area contributed by atoms with Crippen LogP contribution in [0.25, 0.3) is 0 Å². The van der Waals surface area contributed by atoms with Crippen molar-refractivity contribution in [2.24, 2.45) is 0 Å². The van der Waals surface area contributed by atoms with E-state index >= 15 is 0 Å². The summed E-state index contributed by atoms with van der Waals surface area (Å²) < 4.78 is 11.0. The van der Waals surface area contributed by atoms with Crippen molar-refractivity contribution in [3.63, 3.8) is 0 Å². The molecule has 0 atom stereocenters. The third-order valence-corrected chi connectivity index (χ3v) is 3.21. The molecule has 3 rings (SSSR count). The SMILES string of the molecule is CN(C(=O)c1cccc2c1OCCO2)C1CC1. The Morgan fingerprint density at radius 2 is 2.06 bits per heavy atom. The van der Waals surface area contributed by atoms with Crippen molar-refractivity contribution in [2.45, 2.75) is 18.9 Å². The molecule has 0 radical (unpaired) electrons. The van der Waals surface area contributed by atoms with Crippen LogP contribution in [0, 0.1) is 0 Å². The normalized spacial score (nSPS) is 17.7. The van der Waals surface area contributed by atoms with Gasteiger partial charge < -0.3 is 14.4 Å². The summed E-state index contributed by atoms with van der Waals surface area (Å²) in [4.78, 5) is 14.1. The van der Waals surface area contributed by atoms with Crippen LogP contribution >= 0.6 is 0 Å². The highest BCUT2D eigenvalue weighted by Crippen LogP contribution is 2.35. The van der Waals surface area contributed by atoms with E-state index < -0.39 is 0 Å². The molecule has 1 aliphatic carbocycles. The van der Waals surface area contributed by atoms with Crippen LogP contribution < -0.4 is 9.47 Å². The van der Waals surface area contributed by atoms with Gasteiger partial charge in [-0.3, -0.25) is 4.79 Å². The van der Waals surface area contributed by atoms with Crippen LogP contribution in [0.1, 0.15) is 23.2 Å². The Balaban J connectivity index is 1.93. The van der Waals surface area contributed by atoms with Crippen molar-refractivity contribution in [3.05, 3.63) is 23.8 Å². The number of amides is 1. The van der Waals surface area contributed by atoms with Crippen molar-refractivity contribution < 1.29 is 14.3 Å². The Labute approximate surface area is 100 Å². The summed E-state index contributed by atoms with van der Waals surface area (Å²) in [6.07, 6.45) is 2.21. The van der Waals surface area contributed by atoms with E-state index in [1.54, 1.807) is 11.0 Å². The van der Waals surface area contributed by atoms with E-state index in [4.69, 9.17) is 9.47 Å². The van der Waals surface area contributed by atoms with Crippen molar-refractivity contribution in [1.82, 2.24) is 4.90 Å². The van der Waals surface area contributed by atoms with Gasteiger partial charge in [0.05, 0.1) is 5.56 Å². The number of para-hydroxylation sites is 1. The summed E-state index contributed by atoms with van der Waals surface area (Å²) in [5, 5.41) is 0. The minimum atomic E-state index is 0.0230. The maximum atomic E-state index is 12.3. The number of hydrogen-bond donors (Lipinski definition) is 0. The fraction of sp³-hybridized carbons (Fsp3) is 0.462. The Bertz CT molecular complexity index is 454. The highest BCUT2D eigenvalue weighted by atomic mass is 16.6. The van der Waals surface area contributed by atoms with E-state index in [-0.39, 0.29) is 5.91 Å². The van der Waals surface area contributed by atoms with Gasteiger partial charge in [0.15, 0.2) is 11.5 Å². The molecule has 0 bridgehead atoms. The maximum absolute atomic E-state index is 12.3.